The zero-order valence-electron chi connectivity index (χ0n) is 11.7. The third kappa shape index (κ3) is 3.35. The molecule has 2 atom stereocenters. The molecule has 1 aromatic rings. The van der Waals surface area contributed by atoms with E-state index >= 15 is 0 Å². The lowest BCUT2D eigenvalue weighted by atomic mass is 10.0. The quantitative estimate of drug-likeness (QED) is 0.870. The standard InChI is InChI=1S/C14H23N3O2/c1-3-11(2)13(18)10-17-14(19)8-12(9-15-17)16-6-4-5-7-16/h8-9,11,13,18H,3-7,10H2,1-2H3. The molecule has 0 radical (unpaired) electrons. The summed E-state index contributed by atoms with van der Waals surface area (Å²) < 4.78 is 1.36. The van der Waals surface area contributed by atoms with Crippen molar-refractivity contribution in [2.24, 2.45) is 5.92 Å². The fraction of sp³-hybridized carbons (Fsp3) is 0.714. The van der Waals surface area contributed by atoms with Gasteiger partial charge in [-0.3, -0.25) is 4.79 Å². The van der Waals surface area contributed by atoms with Crippen molar-refractivity contribution in [1.82, 2.24) is 9.78 Å². The maximum Gasteiger partial charge on any atom is 0.268 e. The van der Waals surface area contributed by atoms with E-state index in [9.17, 15) is 9.90 Å². The normalized spacial score (nSPS) is 18.6. The van der Waals surface area contributed by atoms with Gasteiger partial charge in [-0.1, -0.05) is 20.3 Å². The summed E-state index contributed by atoms with van der Waals surface area (Å²) in [7, 11) is 0. The Morgan fingerprint density at radius 1 is 1.42 bits per heavy atom. The van der Waals surface area contributed by atoms with Gasteiger partial charge in [0.2, 0.25) is 0 Å². The average Bonchev–Trinajstić information content (AvgIpc) is 2.94. The molecule has 2 heterocycles. The first-order valence-electron chi connectivity index (χ1n) is 7.12. The molecule has 0 amide bonds. The first-order chi connectivity index (χ1) is 9.11. The van der Waals surface area contributed by atoms with Gasteiger partial charge < -0.3 is 10.0 Å². The maximum atomic E-state index is 12.0. The highest BCUT2D eigenvalue weighted by atomic mass is 16.3. The van der Waals surface area contributed by atoms with Crippen molar-refractivity contribution in [3.8, 4) is 0 Å². The molecule has 1 aliphatic heterocycles. The van der Waals surface area contributed by atoms with Gasteiger partial charge in [-0.25, -0.2) is 4.68 Å². The summed E-state index contributed by atoms with van der Waals surface area (Å²) in [4.78, 5) is 14.2. The van der Waals surface area contributed by atoms with Crippen molar-refractivity contribution in [3.05, 3.63) is 22.6 Å². The van der Waals surface area contributed by atoms with Gasteiger partial charge in [-0.05, 0) is 18.8 Å². The van der Waals surface area contributed by atoms with Gasteiger partial charge in [0.15, 0.2) is 0 Å². The summed E-state index contributed by atoms with van der Waals surface area (Å²) in [5.74, 6) is 0.173. The highest BCUT2D eigenvalue weighted by molar-refractivity contribution is 5.43. The molecule has 5 heteroatoms. The molecular weight excluding hydrogens is 242 g/mol. The molecular formula is C14H23N3O2. The molecule has 1 saturated heterocycles. The second-order valence-electron chi connectivity index (χ2n) is 5.38. The zero-order valence-corrected chi connectivity index (χ0v) is 11.7. The lowest BCUT2D eigenvalue weighted by Crippen LogP contribution is -2.32. The summed E-state index contributed by atoms with van der Waals surface area (Å²) in [5, 5.41) is 14.1. The molecule has 1 aliphatic rings. The van der Waals surface area contributed by atoms with Crippen LogP contribution in [0.3, 0.4) is 0 Å². The maximum absolute atomic E-state index is 12.0. The number of hydrogen-bond acceptors (Lipinski definition) is 4. The second-order valence-corrected chi connectivity index (χ2v) is 5.38. The van der Waals surface area contributed by atoms with Crippen LogP contribution in [0.15, 0.2) is 17.1 Å². The number of aliphatic hydroxyl groups excluding tert-OH is 1. The molecule has 0 bridgehead atoms. The predicted octanol–water partition coefficient (Wildman–Crippen LogP) is 1.25. The summed E-state index contributed by atoms with van der Waals surface area (Å²) in [6.07, 6.45) is 4.46. The molecule has 5 nitrogen and oxygen atoms in total. The Morgan fingerprint density at radius 3 is 2.68 bits per heavy atom. The van der Waals surface area contributed by atoms with E-state index in [1.54, 1.807) is 12.3 Å². The van der Waals surface area contributed by atoms with Gasteiger partial charge in [0.1, 0.15) is 0 Å². The number of aliphatic hydroxyl groups is 1. The molecule has 1 aromatic heterocycles. The Balaban J connectivity index is 2.08. The van der Waals surface area contributed by atoms with Gasteiger partial charge in [0, 0.05) is 19.2 Å². The lowest BCUT2D eigenvalue weighted by Gasteiger charge is -2.19. The Kier molecular flexibility index (Phi) is 4.58. The van der Waals surface area contributed by atoms with E-state index in [0.717, 1.165) is 25.2 Å². The van der Waals surface area contributed by atoms with Gasteiger partial charge in [-0.15, -0.1) is 0 Å². The smallest absolute Gasteiger partial charge is 0.268 e. The molecule has 19 heavy (non-hydrogen) atoms. The van der Waals surface area contributed by atoms with E-state index in [1.807, 2.05) is 13.8 Å². The average molecular weight is 265 g/mol. The van der Waals surface area contributed by atoms with Crippen LogP contribution in [-0.2, 0) is 6.54 Å². The van der Waals surface area contributed by atoms with Gasteiger partial charge in [0.25, 0.3) is 5.56 Å². The van der Waals surface area contributed by atoms with Gasteiger partial charge in [-0.2, -0.15) is 5.10 Å². The van der Waals surface area contributed by atoms with E-state index in [4.69, 9.17) is 0 Å². The van der Waals surface area contributed by atoms with Crippen LogP contribution in [0.25, 0.3) is 0 Å². The summed E-state index contributed by atoms with van der Waals surface area (Å²) >= 11 is 0. The first kappa shape index (κ1) is 14.1. The van der Waals surface area contributed by atoms with E-state index in [0.29, 0.717) is 0 Å². The molecule has 0 aromatic carbocycles. The van der Waals surface area contributed by atoms with Crippen LogP contribution in [0.5, 0.6) is 0 Å². The molecule has 106 valence electrons. The minimum Gasteiger partial charge on any atom is -0.391 e. The Hall–Kier alpha value is -1.36. The number of hydrogen-bond donors (Lipinski definition) is 1. The topological polar surface area (TPSA) is 58.4 Å². The Labute approximate surface area is 113 Å². The third-order valence-corrected chi connectivity index (χ3v) is 3.99. The van der Waals surface area contributed by atoms with E-state index < -0.39 is 6.10 Å². The van der Waals surface area contributed by atoms with Crippen LogP contribution >= 0.6 is 0 Å². The lowest BCUT2D eigenvalue weighted by molar-refractivity contribution is 0.0912. The van der Waals surface area contributed by atoms with Crippen molar-refractivity contribution >= 4 is 5.69 Å². The minimum atomic E-state index is -0.521. The Bertz CT molecular complexity index is 466. The minimum absolute atomic E-state index is 0.133. The molecule has 0 aliphatic carbocycles. The van der Waals surface area contributed by atoms with Crippen molar-refractivity contribution < 1.29 is 5.11 Å². The number of rotatable bonds is 5. The Morgan fingerprint density at radius 2 is 2.11 bits per heavy atom. The van der Waals surface area contributed by atoms with Crippen LogP contribution in [0.1, 0.15) is 33.1 Å². The summed E-state index contributed by atoms with van der Waals surface area (Å²) in [6, 6.07) is 1.63. The predicted molar refractivity (Wildman–Crippen MR) is 75.4 cm³/mol. The van der Waals surface area contributed by atoms with Crippen LogP contribution in [-0.4, -0.2) is 34.1 Å². The monoisotopic (exact) mass is 265 g/mol. The summed E-state index contributed by atoms with van der Waals surface area (Å²) in [5.41, 5.74) is 0.767. The fourth-order valence-corrected chi connectivity index (χ4v) is 2.34. The van der Waals surface area contributed by atoms with Gasteiger partial charge >= 0.3 is 0 Å². The van der Waals surface area contributed by atoms with Gasteiger partial charge in [0.05, 0.1) is 24.5 Å². The van der Waals surface area contributed by atoms with E-state index in [1.165, 1.54) is 17.5 Å². The van der Waals surface area contributed by atoms with Crippen molar-refractivity contribution in [2.75, 3.05) is 18.0 Å². The molecule has 1 N–H and O–H groups in total. The summed E-state index contributed by atoms with van der Waals surface area (Å²) in [6.45, 7) is 6.28. The van der Waals surface area contributed by atoms with Crippen LogP contribution < -0.4 is 10.5 Å². The largest absolute Gasteiger partial charge is 0.391 e. The van der Waals surface area contributed by atoms with Crippen LogP contribution in [0.4, 0.5) is 5.69 Å². The van der Waals surface area contributed by atoms with Crippen molar-refractivity contribution in [3.63, 3.8) is 0 Å². The van der Waals surface area contributed by atoms with Crippen molar-refractivity contribution in [2.45, 2.75) is 45.8 Å². The highest BCUT2D eigenvalue weighted by Crippen LogP contribution is 2.17. The highest BCUT2D eigenvalue weighted by Gasteiger charge is 2.16. The molecule has 0 spiro atoms. The molecule has 2 rings (SSSR count). The zero-order chi connectivity index (χ0) is 13.8. The van der Waals surface area contributed by atoms with E-state index in [2.05, 4.69) is 10.00 Å². The number of nitrogens with zero attached hydrogens (tertiary/aromatic N) is 3. The molecule has 2 unspecified atom stereocenters. The fourth-order valence-electron chi connectivity index (χ4n) is 2.34. The van der Waals surface area contributed by atoms with E-state index in [-0.39, 0.29) is 18.0 Å². The SMILES string of the molecule is CCC(C)C(O)Cn1ncc(N2CCCC2)cc1=O. The second kappa shape index (κ2) is 6.19. The van der Waals surface area contributed by atoms with Crippen LogP contribution in [0.2, 0.25) is 0 Å². The first-order valence-corrected chi connectivity index (χ1v) is 7.12. The van der Waals surface area contributed by atoms with Crippen molar-refractivity contribution in [1.29, 1.82) is 0 Å². The number of anilines is 1. The van der Waals surface area contributed by atoms with Crippen LogP contribution in [0, 0.1) is 5.92 Å². The molecule has 0 saturated carbocycles. The third-order valence-electron chi connectivity index (χ3n) is 3.99. The number of aromatic nitrogens is 2. The molecule has 1 fully saturated rings.